The molecule has 4 aliphatic rings. The summed E-state index contributed by atoms with van der Waals surface area (Å²) in [5.41, 5.74) is 4.70. The zero-order valence-corrected chi connectivity index (χ0v) is 18.2. The number of amides is 2. The first-order valence-corrected chi connectivity index (χ1v) is 11.4. The molecule has 0 radical (unpaired) electrons. The minimum Gasteiger partial charge on any atom is -0.491 e. The second-order valence-electron chi connectivity index (χ2n) is 9.19. The van der Waals surface area contributed by atoms with Crippen molar-refractivity contribution in [3.8, 4) is 5.75 Å². The molecule has 3 aromatic rings. The zero-order chi connectivity index (χ0) is 22.0. The Balaban J connectivity index is 1.55. The van der Waals surface area contributed by atoms with Crippen LogP contribution < -0.4 is 9.64 Å². The lowest BCUT2D eigenvalue weighted by molar-refractivity contribution is -0.123. The minimum atomic E-state index is -0.548. The van der Waals surface area contributed by atoms with Crippen LogP contribution in [0.5, 0.6) is 5.75 Å². The van der Waals surface area contributed by atoms with E-state index in [0.717, 1.165) is 6.42 Å². The number of imide groups is 1. The lowest BCUT2D eigenvalue weighted by atomic mass is 9.48. The Morgan fingerprint density at radius 2 is 1.44 bits per heavy atom. The molecule has 2 bridgehead atoms. The maximum Gasteiger partial charge on any atom is 0.239 e. The normalized spacial score (nSPS) is 27.2. The second-order valence-corrected chi connectivity index (χ2v) is 9.19. The number of benzene rings is 3. The highest BCUT2D eigenvalue weighted by Gasteiger charge is 2.66. The largest absolute Gasteiger partial charge is 0.491 e. The fourth-order valence-electron chi connectivity index (χ4n) is 6.36. The Morgan fingerprint density at radius 1 is 0.844 bits per heavy atom. The van der Waals surface area contributed by atoms with Crippen molar-refractivity contribution in [1.29, 1.82) is 0 Å². The molecule has 2 amide bonds. The van der Waals surface area contributed by atoms with E-state index >= 15 is 0 Å². The van der Waals surface area contributed by atoms with Crippen LogP contribution in [0, 0.1) is 11.8 Å². The fourth-order valence-corrected chi connectivity index (χ4v) is 6.36. The van der Waals surface area contributed by atoms with Gasteiger partial charge in [0.05, 0.1) is 24.1 Å². The highest BCUT2D eigenvalue weighted by Crippen LogP contribution is 2.64. The molecule has 3 aliphatic carbocycles. The highest BCUT2D eigenvalue weighted by atomic mass is 16.5. The van der Waals surface area contributed by atoms with Crippen LogP contribution >= 0.6 is 0 Å². The SMILES string of the molecule is CCCOc1ccccc1N1C(=O)[C@@H]2C3c4ccccc4C(C)(c4ccccc43)[C@H]2C1=O. The summed E-state index contributed by atoms with van der Waals surface area (Å²) < 4.78 is 5.92. The molecule has 0 unspecified atom stereocenters. The molecule has 32 heavy (non-hydrogen) atoms. The van der Waals surface area contributed by atoms with Gasteiger partial charge in [0.25, 0.3) is 0 Å². The van der Waals surface area contributed by atoms with E-state index in [1.54, 1.807) is 0 Å². The number of anilines is 1. The van der Waals surface area contributed by atoms with E-state index in [0.29, 0.717) is 18.0 Å². The van der Waals surface area contributed by atoms with Crippen molar-refractivity contribution in [3.63, 3.8) is 0 Å². The van der Waals surface area contributed by atoms with Gasteiger partial charge < -0.3 is 4.74 Å². The van der Waals surface area contributed by atoms with Gasteiger partial charge in [0.15, 0.2) is 0 Å². The standard InChI is InChI=1S/C28H25NO3/c1-3-16-32-22-15-9-8-14-21(22)29-26(30)24-23-17-10-4-6-12-19(17)28(2,25(24)27(29)31)20-13-7-5-11-18(20)23/h4-15,23-25H,3,16H2,1-2H3/t23?,24-,25-,28?/m1/s1. The molecule has 0 aromatic heterocycles. The molecule has 0 saturated carbocycles. The quantitative estimate of drug-likeness (QED) is 0.552. The van der Waals surface area contributed by atoms with Crippen LogP contribution in [0.2, 0.25) is 0 Å². The van der Waals surface area contributed by atoms with Crippen molar-refractivity contribution in [2.24, 2.45) is 11.8 Å². The molecule has 0 N–H and O–H groups in total. The molecule has 1 heterocycles. The molecule has 0 spiro atoms. The summed E-state index contributed by atoms with van der Waals surface area (Å²) in [6.07, 6.45) is 0.853. The summed E-state index contributed by atoms with van der Waals surface area (Å²) in [5, 5.41) is 0. The van der Waals surface area contributed by atoms with Gasteiger partial charge in [-0.3, -0.25) is 9.59 Å². The number of para-hydroxylation sites is 2. The first-order chi connectivity index (χ1) is 15.6. The van der Waals surface area contributed by atoms with E-state index in [1.165, 1.54) is 27.2 Å². The minimum absolute atomic E-state index is 0.112. The summed E-state index contributed by atoms with van der Waals surface area (Å²) in [4.78, 5) is 29.4. The molecule has 1 aliphatic heterocycles. The molecule has 160 valence electrons. The van der Waals surface area contributed by atoms with Crippen LogP contribution in [0.4, 0.5) is 5.69 Å². The Morgan fingerprint density at radius 3 is 2.09 bits per heavy atom. The van der Waals surface area contributed by atoms with Gasteiger partial charge in [-0.2, -0.15) is 0 Å². The van der Waals surface area contributed by atoms with E-state index in [9.17, 15) is 9.59 Å². The topological polar surface area (TPSA) is 46.6 Å². The molecule has 1 saturated heterocycles. The van der Waals surface area contributed by atoms with Crippen LogP contribution in [0.15, 0.2) is 72.8 Å². The predicted molar refractivity (Wildman–Crippen MR) is 123 cm³/mol. The third-order valence-electron chi connectivity index (χ3n) is 7.61. The van der Waals surface area contributed by atoms with E-state index in [4.69, 9.17) is 4.74 Å². The first-order valence-electron chi connectivity index (χ1n) is 11.4. The summed E-state index contributed by atoms with van der Waals surface area (Å²) >= 11 is 0. The summed E-state index contributed by atoms with van der Waals surface area (Å²) in [6, 6.07) is 24.1. The number of carbonyl (C=O) groups is 2. The van der Waals surface area contributed by atoms with Gasteiger partial charge >= 0.3 is 0 Å². The molecule has 4 heteroatoms. The average molecular weight is 424 g/mol. The van der Waals surface area contributed by atoms with Crippen LogP contribution in [-0.2, 0) is 15.0 Å². The van der Waals surface area contributed by atoms with Gasteiger partial charge in [-0.25, -0.2) is 4.90 Å². The van der Waals surface area contributed by atoms with Gasteiger partial charge in [-0.15, -0.1) is 0 Å². The van der Waals surface area contributed by atoms with Gasteiger partial charge in [0, 0.05) is 11.3 Å². The maximum atomic E-state index is 14.0. The van der Waals surface area contributed by atoms with Crippen molar-refractivity contribution < 1.29 is 14.3 Å². The Bertz CT molecular complexity index is 1220. The van der Waals surface area contributed by atoms with Crippen molar-refractivity contribution in [3.05, 3.63) is 95.1 Å². The predicted octanol–water partition coefficient (Wildman–Crippen LogP) is 5.05. The average Bonchev–Trinajstić information content (AvgIpc) is 3.09. The highest BCUT2D eigenvalue weighted by molar-refractivity contribution is 6.24. The van der Waals surface area contributed by atoms with Crippen LogP contribution in [0.25, 0.3) is 0 Å². The van der Waals surface area contributed by atoms with Crippen molar-refractivity contribution in [2.75, 3.05) is 11.5 Å². The molecule has 3 aromatic carbocycles. The molecule has 4 nitrogen and oxygen atoms in total. The third kappa shape index (κ3) is 2.27. The number of nitrogens with zero attached hydrogens (tertiary/aromatic N) is 1. The second kappa shape index (κ2) is 6.80. The van der Waals surface area contributed by atoms with E-state index in [2.05, 4.69) is 31.2 Å². The van der Waals surface area contributed by atoms with Crippen molar-refractivity contribution in [2.45, 2.75) is 31.6 Å². The maximum absolute atomic E-state index is 14.0. The first kappa shape index (κ1) is 19.3. The van der Waals surface area contributed by atoms with Crippen molar-refractivity contribution in [1.82, 2.24) is 0 Å². The van der Waals surface area contributed by atoms with Gasteiger partial charge in [0.2, 0.25) is 11.8 Å². The van der Waals surface area contributed by atoms with Gasteiger partial charge in [-0.1, -0.05) is 74.5 Å². The Labute approximate surface area is 187 Å². The van der Waals surface area contributed by atoms with Crippen LogP contribution in [0.1, 0.15) is 48.4 Å². The van der Waals surface area contributed by atoms with Crippen LogP contribution in [0.3, 0.4) is 0 Å². The van der Waals surface area contributed by atoms with Gasteiger partial charge in [-0.05, 0) is 40.8 Å². The summed E-state index contributed by atoms with van der Waals surface area (Å²) in [6.45, 7) is 4.72. The number of hydrogen-bond acceptors (Lipinski definition) is 3. The molecule has 1 fully saturated rings. The lowest BCUT2D eigenvalue weighted by Gasteiger charge is -2.52. The molecule has 7 rings (SSSR count). The van der Waals surface area contributed by atoms with Gasteiger partial charge in [0.1, 0.15) is 5.75 Å². The number of ether oxygens (including phenoxy) is 1. The third-order valence-corrected chi connectivity index (χ3v) is 7.61. The smallest absolute Gasteiger partial charge is 0.239 e. The monoisotopic (exact) mass is 423 g/mol. The number of rotatable bonds is 4. The zero-order valence-electron chi connectivity index (χ0n) is 18.2. The molecular formula is C28H25NO3. The Hall–Kier alpha value is -3.40. The fraction of sp³-hybridized carbons (Fsp3) is 0.286. The molecule has 2 atom stereocenters. The molecular weight excluding hydrogens is 398 g/mol. The number of carbonyl (C=O) groups excluding carboxylic acids is 2. The van der Waals surface area contributed by atoms with E-state index in [-0.39, 0.29) is 17.7 Å². The lowest BCUT2D eigenvalue weighted by Crippen LogP contribution is -2.51. The van der Waals surface area contributed by atoms with Crippen molar-refractivity contribution >= 4 is 17.5 Å². The Kier molecular flexibility index (Phi) is 4.10. The van der Waals surface area contributed by atoms with E-state index < -0.39 is 17.3 Å². The van der Waals surface area contributed by atoms with Crippen LogP contribution in [-0.4, -0.2) is 18.4 Å². The number of hydrogen-bond donors (Lipinski definition) is 0. The summed E-state index contributed by atoms with van der Waals surface area (Å²) in [7, 11) is 0. The summed E-state index contributed by atoms with van der Waals surface area (Å²) in [5.74, 6) is -0.598. The van der Waals surface area contributed by atoms with E-state index in [1.807, 2.05) is 55.5 Å².